The summed E-state index contributed by atoms with van der Waals surface area (Å²) in [5.41, 5.74) is 1.85. The lowest BCUT2D eigenvalue weighted by atomic mass is 10.1. The number of carbonyl (C=O) groups is 2. The number of benzene rings is 2. The highest BCUT2D eigenvalue weighted by Crippen LogP contribution is 2.25. The van der Waals surface area contributed by atoms with Crippen LogP contribution in [0.3, 0.4) is 0 Å². The van der Waals surface area contributed by atoms with Crippen LogP contribution in [0.4, 0.5) is 10.1 Å². The smallest absolute Gasteiger partial charge is 0.244 e. The van der Waals surface area contributed by atoms with Crippen molar-refractivity contribution in [3.05, 3.63) is 64.4 Å². The number of rotatable bonds is 11. The van der Waals surface area contributed by atoms with E-state index in [1.165, 1.54) is 11.0 Å². The lowest BCUT2D eigenvalue weighted by Gasteiger charge is -2.31. The van der Waals surface area contributed by atoms with Crippen LogP contribution in [0.1, 0.15) is 37.8 Å². The van der Waals surface area contributed by atoms with E-state index in [2.05, 4.69) is 5.32 Å². The highest BCUT2D eigenvalue weighted by molar-refractivity contribution is 7.92. The third-order valence-electron chi connectivity index (χ3n) is 5.30. The van der Waals surface area contributed by atoms with Crippen LogP contribution in [-0.2, 0) is 26.2 Å². The van der Waals surface area contributed by atoms with Crippen molar-refractivity contribution in [2.45, 2.75) is 46.2 Å². The predicted octanol–water partition coefficient (Wildman–Crippen LogP) is 3.89. The van der Waals surface area contributed by atoms with E-state index in [1.54, 1.807) is 6.92 Å². The van der Waals surface area contributed by atoms with E-state index >= 15 is 0 Å². The number of aryl methyl sites for hydroxylation is 1. The Hall–Kier alpha value is -2.65. The Morgan fingerprint density at radius 2 is 1.88 bits per heavy atom. The van der Waals surface area contributed by atoms with Gasteiger partial charge in [-0.25, -0.2) is 12.8 Å². The Balaban J connectivity index is 2.37. The molecule has 7 nitrogen and oxygen atoms in total. The molecule has 0 saturated carbocycles. The SMILES string of the molecule is CCCCNC(=O)[C@@H](C)N(Cc1cccc(C)c1)C(=O)CN(c1ccc(F)c(Cl)c1)S(C)(=O)=O. The third kappa shape index (κ3) is 7.70. The first-order valence-corrected chi connectivity index (χ1v) is 13.2. The van der Waals surface area contributed by atoms with Crippen LogP contribution in [0.2, 0.25) is 5.02 Å². The van der Waals surface area contributed by atoms with Crippen LogP contribution in [0.15, 0.2) is 42.5 Å². The minimum Gasteiger partial charge on any atom is -0.354 e. The number of unbranched alkanes of at least 4 members (excludes halogenated alkanes) is 1. The molecule has 186 valence electrons. The van der Waals surface area contributed by atoms with Gasteiger partial charge in [0.15, 0.2) is 0 Å². The second kappa shape index (κ2) is 12.2. The Morgan fingerprint density at radius 1 is 1.18 bits per heavy atom. The van der Waals surface area contributed by atoms with Gasteiger partial charge in [0.1, 0.15) is 18.4 Å². The fraction of sp³-hybridized carbons (Fsp3) is 0.417. The van der Waals surface area contributed by atoms with Crippen LogP contribution in [-0.4, -0.2) is 50.5 Å². The van der Waals surface area contributed by atoms with Crippen molar-refractivity contribution < 1.29 is 22.4 Å². The van der Waals surface area contributed by atoms with Gasteiger partial charge in [-0.15, -0.1) is 0 Å². The molecule has 0 aliphatic carbocycles. The summed E-state index contributed by atoms with van der Waals surface area (Å²) < 4.78 is 39.5. The standard InChI is InChI=1S/C24H31ClFN3O4S/c1-5-6-12-27-24(31)18(3)28(15-19-9-7-8-17(2)13-19)23(30)16-29(34(4,32)33)20-10-11-22(26)21(25)14-20/h7-11,13-14,18H,5-6,12,15-16H2,1-4H3,(H,27,31)/t18-/m1/s1. The van der Waals surface area contributed by atoms with Gasteiger partial charge in [0.2, 0.25) is 21.8 Å². The van der Waals surface area contributed by atoms with Crippen LogP contribution in [0, 0.1) is 12.7 Å². The molecule has 34 heavy (non-hydrogen) atoms. The van der Waals surface area contributed by atoms with E-state index in [1.807, 2.05) is 38.1 Å². The van der Waals surface area contributed by atoms with Crippen molar-refractivity contribution in [3.8, 4) is 0 Å². The minimum atomic E-state index is -3.92. The first kappa shape index (κ1) is 27.6. The quantitative estimate of drug-likeness (QED) is 0.464. The van der Waals surface area contributed by atoms with E-state index in [9.17, 15) is 22.4 Å². The van der Waals surface area contributed by atoms with Gasteiger partial charge in [-0.05, 0) is 44.0 Å². The zero-order valence-electron chi connectivity index (χ0n) is 19.8. The van der Waals surface area contributed by atoms with Crippen LogP contribution < -0.4 is 9.62 Å². The normalized spacial score (nSPS) is 12.2. The maximum Gasteiger partial charge on any atom is 0.244 e. The lowest BCUT2D eigenvalue weighted by Crippen LogP contribution is -2.51. The monoisotopic (exact) mass is 511 g/mol. The van der Waals surface area contributed by atoms with Crippen LogP contribution in [0.25, 0.3) is 0 Å². The molecule has 1 N–H and O–H groups in total. The van der Waals surface area contributed by atoms with Gasteiger partial charge >= 0.3 is 0 Å². The molecule has 10 heteroatoms. The van der Waals surface area contributed by atoms with Crippen LogP contribution >= 0.6 is 11.6 Å². The number of sulfonamides is 1. The molecule has 0 aromatic heterocycles. The number of amides is 2. The van der Waals surface area contributed by atoms with Gasteiger partial charge < -0.3 is 10.2 Å². The average Bonchev–Trinajstić information content (AvgIpc) is 2.76. The molecule has 2 rings (SSSR count). The predicted molar refractivity (Wildman–Crippen MR) is 133 cm³/mol. The summed E-state index contributed by atoms with van der Waals surface area (Å²) in [4.78, 5) is 27.5. The molecule has 0 fully saturated rings. The molecule has 0 heterocycles. The summed E-state index contributed by atoms with van der Waals surface area (Å²) >= 11 is 5.84. The van der Waals surface area contributed by atoms with E-state index in [0.29, 0.717) is 6.54 Å². The Bertz CT molecular complexity index is 1130. The Labute approximate surface area is 205 Å². The molecule has 0 radical (unpaired) electrons. The molecule has 2 aromatic carbocycles. The van der Waals surface area contributed by atoms with E-state index in [0.717, 1.165) is 46.7 Å². The summed E-state index contributed by atoms with van der Waals surface area (Å²) in [5, 5.41) is 2.56. The maximum absolute atomic E-state index is 13.6. The van der Waals surface area contributed by atoms with Crippen molar-refractivity contribution in [3.63, 3.8) is 0 Å². The Kier molecular flexibility index (Phi) is 9.88. The number of nitrogens with one attached hydrogen (secondary N) is 1. The molecule has 0 aliphatic rings. The summed E-state index contributed by atoms with van der Waals surface area (Å²) in [6.07, 6.45) is 2.66. The zero-order valence-corrected chi connectivity index (χ0v) is 21.4. The van der Waals surface area contributed by atoms with E-state index in [-0.39, 0.29) is 23.2 Å². The Morgan fingerprint density at radius 3 is 2.47 bits per heavy atom. The molecule has 1 atom stereocenters. The topological polar surface area (TPSA) is 86.8 Å². The average molecular weight is 512 g/mol. The van der Waals surface area contributed by atoms with Gasteiger partial charge in [-0.3, -0.25) is 13.9 Å². The molecule has 0 bridgehead atoms. The van der Waals surface area contributed by atoms with Crippen molar-refractivity contribution >= 4 is 39.1 Å². The second-order valence-electron chi connectivity index (χ2n) is 8.20. The minimum absolute atomic E-state index is 0.0535. The zero-order chi connectivity index (χ0) is 25.5. The van der Waals surface area contributed by atoms with Crippen molar-refractivity contribution in [1.82, 2.24) is 10.2 Å². The fourth-order valence-electron chi connectivity index (χ4n) is 3.38. The number of anilines is 1. The number of hydrogen-bond donors (Lipinski definition) is 1. The highest BCUT2D eigenvalue weighted by Gasteiger charge is 2.30. The first-order valence-electron chi connectivity index (χ1n) is 11.0. The van der Waals surface area contributed by atoms with Crippen molar-refractivity contribution in [2.24, 2.45) is 0 Å². The van der Waals surface area contributed by atoms with E-state index < -0.39 is 34.3 Å². The molecule has 0 spiro atoms. The number of nitrogens with zero attached hydrogens (tertiary/aromatic N) is 2. The first-order chi connectivity index (χ1) is 15.9. The fourth-order valence-corrected chi connectivity index (χ4v) is 4.40. The molecular weight excluding hydrogens is 481 g/mol. The number of hydrogen-bond acceptors (Lipinski definition) is 4. The number of halogens is 2. The van der Waals surface area contributed by atoms with Crippen molar-refractivity contribution in [2.75, 3.05) is 23.7 Å². The number of carbonyl (C=O) groups excluding carboxylic acids is 2. The van der Waals surface area contributed by atoms with Crippen molar-refractivity contribution in [1.29, 1.82) is 0 Å². The molecule has 2 amide bonds. The molecule has 0 saturated heterocycles. The second-order valence-corrected chi connectivity index (χ2v) is 10.5. The van der Waals surface area contributed by atoms with Crippen LogP contribution in [0.5, 0.6) is 0 Å². The summed E-state index contributed by atoms with van der Waals surface area (Å²) in [6, 6.07) is 10.1. The molecular formula is C24H31ClFN3O4S. The van der Waals surface area contributed by atoms with Gasteiger partial charge in [-0.2, -0.15) is 0 Å². The largest absolute Gasteiger partial charge is 0.354 e. The third-order valence-corrected chi connectivity index (χ3v) is 6.73. The van der Waals surface area contributed by atoms with Gasteiger partial charge in [0.25, 0.3) is 0 Å². The van der Waals surface area contributed by atoms with Gasteiger partial charge in [0.05, 0.1) is 17.0 Å². The summed E-state index contributed by atoms with van der Waals surface area (Å²) in [7, 11) is -3.92. The highest BCUT2D eigenvalue weighted by atomic mass is 35.5. The summed E-state index contributed by atoms with van der Waals surface area (Å²) in [5.74, 6) is -1.61. The van der Waals surface area contributed by atoms with E-state index in [4.69, 9.17) is 11.6 Å². The maximum atomic E-state index is 13.6. The molecule has 0 aliphatic heterocycles. The lowest BCUT2D eigenvalue weighted by molar-refractivity contribution is -0.139. The van der Waals surface area contributed by atoms with Gasteiger partial charge in [-0.1, -0.05) is 54.8 Å². The molecule has 0 unspecified atom stereocenters. The summed E-state index contributed by atoms with van der Waals surface area (Å²) in [6.45, 7) is 5.55. The molecule has 2 aromatic rings. The van der Waals surface area contributed by atoms with Gasteiger partial charge in [0, 0.05) is 13.1 Å².